The van der Waals surface area contributed by atoms with E-state index in [1.807, 2.05) is 0 Å². The minimum Gasteiger partial charge on any atom is -0.507 e. The van der Waals surface area contributed by atoms with Gasteiger partial charge in [-0.25, -0.2) is 4.39 Å². The van der Waals surface area contributed by atoms with Crippen LogP contribution in [0.2, 0.25) is 0 Å². The molecule has 0 unspecified atom stereocenters. The lowest BCUT2D eigenvalue weighted by Gasteiger charge is -2.06. The zero-order chi connectivity index (χ0) is 8.59. The van der Waals surface area contributed by atoms with Gasteiger partial charge in [0, 0.05) is 5.56 Å². The van der Waals surface area contributed by atoms with Gasteiger partial charge in [0.15, 0.2) is 0 Å². The monoisotopic (exact) mass is 154 g/mol. The Bertz CT molecular complexity index is 266. The summed E-state index contributed by atoms with van der Waals surface area (Å²) in [6.07, 6.45) is 0. The molecule has 0 bridgehead atoms. The quantitative estimate of drug-likeness (QED) is 0.608. The first-order chi connectivity index (χ1) is 5.04. The Balaban J connectivity index is 3.46. The fourth-order valence-electron chi connectivity index (χ4n) is 1.15. The molecule has 0 amide bonds. The summed E-state index contributed by atoms with van der Waals surface area (Å²) in [6, 6.07) is 1.64. The molecule has 0 saturated carbocycles. The predicted octanol–water partition coefficient (Wildman–Crippen LogP) is 2.46. The maximum atomic E-state index is 13.0. The molecule has 0 fully saturated rings. The normalized spacial score (nSPS) is 10.2. The smallest absolute Gasteiger partial charge is 0.132 e. The van der Waals surface area contributed by atoms with Gasteiger partial charge in [0.25, 0.3) is 0 Å². The van der Waals surface area contributed by atoms with Crippen LogP contribution in [-0.4, -0.2) is 5.11 Å². The van der Waals surface area contributed by atoms with Gasteiger partial charge in [0.05, 0.1) is 0 Å². The molecule has 1 N–H and O–H groups in total. The molecule has 11 heavy (non-hydrogen) atoms. The molecule has 1 rings (SSSR count). The van der Waals surface area contributed by atoms with Crippen molar-refractivity contribution in [1.29, 1.82) is 0 Å². The molecule has 0 aliphatic carbocycles. The van der Waals surface area contributed by atoms with Crippen molar-refractivity contribution in [3.8, 4) is 5.75 Å². The van der Waals surface area contributed by atoms with Gasteiger partial charge in [-0.05, 0) is 38.0 Å². The van der Waals surface area contributed by atoms with Gasteiger partial charge in [-0.15, -0.1) is 0 Å². The van der Waals surface area contributed by atoms with E-state index in [1.54, 1.807) is 26.8 Å². The van der Waals surface area contributed by atoms with Crippen molar-refractivity contribution in [2.75, 3.05) is 0 Å². The molecule has 0 aromatic heterocycles. The Kier molecular flexibility index (Phi) is 1.85. The number of phenols is 1. The van der Waals surface area contributed by atoms with Crippen LogP contribution in [0.15, 0.2) is 6.07 Å². The standard InChI is InChI=1S/C9H11FO/c1-5-4-6(2)9(11)7(3)8(5)10/h4,11H,1-3H3. The van der Waals surface area contributed by atoms with E-state index in [0.717, 1.165) is 5.56 Å². The van der Waals surface area contributed by atoms with Gasteiger partial charge in [0.2, 0.25) is 0 Å². The largest absolute Gasteiger partial charge is 0.507 e. The number of aryl methyl sites for hydroxylation is 2. The molecule has 0 saturated heterocycles. The Morgan fingerprint density at radius 2 is 1.73 bits per heavy atom. The Hall–Kier alpha value is -1.05. The second-order valence-corrected chi connectivity index (χ2v) is 2.80. The molecule has 1 aromatic carbocycles. The van der Waals surface area contributed by atoms with Crippen molar-refractivity contribution in [1.82, 2.24) is 0 Å². The summed E-state index contributed by atoms with van der Waals surface area (Å²) in [4.78, 5) is 0. The first-order valence-electron chi connectivity index (χ1n) is 3.49. The molecule has 0 aliphatic rings. The highest BCUT2D eigenvalue weighted by Crippen LogP contribution is 2.25. The van der Waals surface area contributed by atoms with Gasteiger partial charge in [-0.3, -0.25) is 0 Å². The zero-order valence-corrected chi connectivity index (χ0v) is 6.90. The number of hydrogen-bond donors (Lipinski definition) is 1. The van der Waals surface area contributed by atoms with Crippen LogP contribution in [0.25, 0.3) is 0 Å². The van der Waals surface area contributed by atoms with Crippen LogP contribution in [0.3, 0.4) is 0 Å². The van der Waals surface area contributed by atoms with Crippen molar-refractivity contribution in [2.45, 2.75) is 20.8 Å². The zero-order valence-electron chi connectivity index (χ0n) is 6.90. The van der Waals surface area contributed by atoms with E-state index >= 15 is 0 Å². The van der Waals surface area contributed by atoms with Crippen LogP contribution in [0.1, 0.15) is 16.7 Å². The summed E-state index contributed by atoms with van der Waals surface area (Å²) < 4.78 is 13.0. The number of halogens is 1. The molecular weight excluding hydrogens is 143 g/mol. The van der Waals surface area contributed by atoms with E-state index in [4.69, 9.17) is 0 Å². The van der Waals surface area contributed by atoms with Crippen LogP contribution in [0.4, 0.5) is 4.39 Å². The molecule has 1 nitrogen and oxygen atoms in total. The average Bonchev–Trinajstić information content (AvgIpc) is 1.97. The molecule has 0 radical (unpaired) electrons. The van der Waals surface area contributed by atoms with Crippen LogP contribution in [-0.2, 0) is 0 Å². The molecule has 0 spiro atoms. The minimum atomic E-state index is -0.312. The van der Waals surface area contributed by atoms with Crippen LogP contribution in [0.5, 0.6) is 5.75 Å². The summed E-state index contributed by atoms with van der Waals surface area (Å²) in [5.41, 5.74) is 1.64. The molecular formula is C9H11FO. The van der Waals surface area contributed by atoms with Gasteiger partial charge >= 0.3 is 0 Å². The molecule has 60 valence electrons. The van der Waals surface area contributed by atoms with E-state index < -0.39 is 0 Å². The van der Waals surface area contributed by atoms with E-state index in [2.05, 4.69) is 0 Å². The fourth-order valence-corrected chi connectivity index (χ4v) is 1.15. The number of aromatic hydroxyl groups is 1. The molecule has 1 aromatic rings. The SMILES string of the molecule is Cc1cc(C)c(F)c(C)c1O. The molecule has 0 aliphatic heterocycles. The van der Waals surface area contributed by atoms with Crippen molar-refractivity contribution >= 4 is 0 Å². The molecule has 2 heteroatoms. The fraction of sp³-hybridized carbons (Fsp3) is 0.333. The van der Waals surface area contributed by atoms with E-state index in [-0.39, 0.29) is 11.6 Å². The van der Waals surface area contributed by atoms with Crippen molar-refractivity contribution in [3.63, 3.8) is 0 Å². The summed E-state index contributed by atoms with van der Waals surface area (Å²) in [5, 5.41) is 9.27. The minimum absolute atomic E-state index is 0.0631. The number of benzene rings is 1. The van der Waals surface area contributed by atoms with Crippen molar-refractivity contribution in [2.24, 2.45) is 0 Å². The third-order valence-electron chi connectivity index (χ3n) is 1.84. The summed E-state index contributed by atoms with van der Waals surface area (Å²) >= 11 is 0. The first kappa shape index (κ1) is 8.05. The average molecular weight is 154 g/mol. The first-order valence-corrected chi connectivity index (χ1v) is 3.49. The summed E-state index contributed by atoms with van der Waals surface area (Å²) in [5.74, 6) is -0.249. The number of phenolic OH excluding ortho intramolecular Hbond substituents is 1. The van der Waals surface area contributed by atoms with E-state index in [0.29, 0.717) is 11.1 Å². The van der Waals surface area contributed by atoms with Crippen LogP contribution >= 0.6 is 0 Å². The van der Waals surface area contributed by atoms with Gasteiger partial charge in [-0.2, -0.15) is 0 Å². The van der Waals surface area contributed by atoms with E-state index in [1.165, 1.54) is 0 Å². The summed E-state index contributed by atoms with van der Waals surface area (Å²) in [6.45, 7) is 5.02. The van der Waals surface area contributed by atoms with Crippen molar-refractivity contribution in [3.05, 3.63) is 28.6 Å². The highest BCUT2D eigenvalue weighted by Gasteiger charge is 2.08. The second-order valence-electron chi connectivity index (χ2n) is 2.80. The van der Waals surface area contributed by atoms with Gasteiger partial charge in [0.1, 0.15) is 11.6 Å². The lowest BCUT2D eigenvalue weighted by molar-refractivity contribution is 0.458. The Morgan fingerprint density at radius 3 is 2.27 bits per heavy atom. The lowest BCUT2D eigenvalue weighted by Crippen LogP contribution is -1.90. The number of hydrogen-bond acceptors (Lipinski definition) is 1. The molecule has 0 atom stereocenters. The highest BCUT2D eigenvalue weighted by atomic mass is 19.1. The van der Waals surface area contributed by atoms with E-state index in [9.17, 15) is 9.50 Å². The predicted molar refractivity (Wildman–Crippen MR) is 42.3 cm³/mol. The van der Waals surface area contributed by atoms with Crippen LogP contribution in [0, 0.1) is 26.6 Å². The van der Waals surface area contributed by atoms with Gasteiger partial charge in [-0.1, -0.05) is 0 Å². The summed E-state index contributed by atoms with van der Waals surface area (Å²) in [7, 11) is 0. The topological polar surface area (TPSA) is 20.2 Å². The van der Waals surface area contributed by atoms with Crippen LogP contribution < -0.4 is 0 Å². The lowest BCUT2D eigenvalue weighted by atomic mass is 10.1. The third-order valence-corrected chi connectivity index (χ3v) is 1.84. The Morgan fingerprint density at radius 1 is 1.18 bits per heavy atom. The third kappa shape index (κ3) is 1.20. The maximum Gasteiger partial charge on any atom is 0.132 e. The Labute approximate surface area is 65.5 Å². The highest BCUT2D eigenvalue weighted by molar-refractivity contribution is 5.42. The van der Waals surface area contributed by atoms with Gasteiger partial charge < -0.3 is 5.11 Å². The molecule has 0 heterocycles. The van der Waals surface area contributed by atoms with Crippen molar-refractivity contribution < 1.29 is 9.50 Å². The number of rotatable bonds is 0. The second kappa shape index (κ2) is 2.53. The maximum absolute atomic E-state index is 13.0.